The molecule has 3 rings (SSSR count). The fraction of sp³-hybridized carbons (Fsp3) is 0.375. The maximum absolute atomic E-state index is 12.8. The average Bonchev–Trinajstić information content (AvgIpc) is 3.02. The molecule has 1 saturated heterocycles. The second-order valence-corrected chi connectivity index (χ2v) is 7.76. The predicted molar refractivity (Wildman–Crippen MR) is 88.5 cm³/mol. The van der Waals surface area contributed by atoms with Crippen LogP contribution in [0.5, 0.6) is 0 Å². The molecular weight excluding hydrogens is 328 g/mol. The molecule has 0 spiro atoms. The molecule has 7 nitrogen and oxygen atoms in total. The summed E-state index contributed by atoms with van der Waals surface area (Å²) in [4.78, 5) is 17.6. The lowest BCUT2D eigenvalue weighted by Crippen LogP contribution is -2.51. The number of nitrogens with zero attached hydrogens (tertiary/aromatic N) is 4. The van der Waals surface area contributed by atoms with Crippen LogP contribution in [0.1, 0.15) is 18.5 Å². The van der Waals surface area contributed by atoms with E-state index in [-0.39, 0.29) is 30.1 Å². The summed E-state index contributed by atoms with van der Waals surface area (Å²) >= 11 is 0. The highest BCUT2D eigenvalue weighted by Crippen LogP contribution is 2.28. The molecule has 128 valence electrons. The van der Waals surface area contributed by atoms with E-state index < -0.39 is 10.0 Å². The Bertz CT molecular complexity index is 832. The van der Waals surface area contributed by atoms with Crippen LogP contribution in [0.2, 0.25) is 0 Å². The summed E-state index contributed by atoms with van der Waals surface area (Å²) in [6.45, 7) is 2.37. The molecule has 0 aliphatic carbocycles. The Morgan fingerprint density at radius 1 is 1.21 bits per heavy atom. The van der Waals surface area contributed by atoms with Gasteiger partial charge in [0.15, 0.2) is 5.03 Å². The third kappa shape index (κ3) is 3.07. The highest BCUT2D eigenvalue weighted by atomic mass is 32.2. The molecule has 1 atom stereocenters. The van der Waals surface area contributed by atoms with Crippen molar-refractivity contribution < 1.29 is 13.2 Å². The van der Waals surface area contributed by atoms with Gasteiger partial charge in [-0.3, -0.25) is 4.79 Å². The maximum atomic E-state index is 12.8. The summed E-state index contributed by atoms with van der Waals surface area (Å²) in [5.41, 5.74) is 0.925. The molecular formula is C16H20N4O3S. The Hall–Kier alpha value is -2.19. The lowest BCUT2D eigenvalue weighted by atomic mass is 10.0. The molecule has 0 N–H and O–H groups in total. The third-order valence-corrected chi connectivity index (χ3v) is 5.97. The predicted octanol–water partition coefficient (Wildman–Crippen LogP) is 1.01. The Labute approximate surface area is 141 Å². The number of amides is 1. The monoisotopic (exact) mass is 348 g/mol. The van der Waals surface area contributed by atoms with Gasteiger partial charge in [0.05, 0.1) is 12.4 Å². The number of imidazole rings is 1. The smallest absolute Gasteiger partial charge is 0.262 e. The van der Waals surface area contributed by atoms with Crippen LogP contribution in [0.4, 0.5) is 0 Å². The number of carbonyl (C=O) groups is 1. The second-order valence-electron chi connectivity index (χ2n) is 5.88. The summed E-state index contributed by atoms with van der Waals surface area (Å²) in [5, 5.41) is 0.0353. The van der Waals surface area contributed by atoms with E-state index in [9.17, 15) is 13.2 Å². The summed E-state index contributed by atoms with van der Waals surface area (Å²) in [6.07, 6.45) is 2.96. The van der Waals surface area contributed by atoms with Crippen molar-refractivity contribution in [2.75, 3.05) is 19.6 Å². The fourth-order valence-electron chi connectivity index (χ4n) is 2.97. The van der Waals surface area contributed by atoms with Gasteiger partial charge in [-0.25, -0.2) is 13.4 Å². The topological polar surface area (TPSA) is 75.5 Å². The van der Waals surface area contributed by atoms with Crippen molar-refractivity contribution >= 4 is 15.9 Å². The maximum Gasteiger partial charge on any atom is 0.262 e. The number of carbonyl (C=O) groups excluding carboxylic acids is 1. The second kappa shape index (κ2) is 6.37. The third-order valence-electron chi connectivity index (χ3n) is 4.22. The molecule has 1 aliphatic heterocycles. The Balaban J connectivity index is 1.92. The highest BCUT2D eigenvalue weighted by molar-refractivity contribution is 7.89. The zero-order chi connectivity index (χ0) is 17.3. The first kappa shape index (κ1) is 16.7. The summed E-state index contributed by atoms with van der Waals surface area (Å²) < 4.78 is 28.6. The van der Waals surface area contributed by atoms with Crippen LogP contribution < -0.4 is 0 Å². The van der Waals surface area contributed by atoms with Crippen molar-refractivity contribution in [1.29, 1.82) is 0 Å². The zero-order valence-corrected chi connectivity index (χ0v) is 14.5. The lowest BCUT2D eigenvalue weighted by molar-refractivity contribution is -0.133. The summed E-state index contributed by atoms with van der Waals surface area (Å²) in [7, 11) is -1.94. The molecule has 1 aliphatic rings. The number of hydrogen-bond donors (Lipinski definition) is 0. The number of aromatic nitrogens is 2. The first-order chi connectivity index (χ1) is 11.4. The number of rotatable bonds is 3. The quantitative estimate of drug-likeness (QED) is 0.830. The minimum atomic E-state index is -3.67. The molecule has 0 bridgehead atoms. The first-order valence-electron chi connectivity index (χ1n) is 7.70. The average molecular weight is 348 g/mol. The van der Waals surface area contributed by atoms with Crippen molar-refractivity contribution in [3.8, 4) is 0 Å². The Morgan fingerprint density at radius 2 is 1.92 bits per heavy atom. The van der Waals surface area contributed by atoms with Crippen LogP contribution >= 0.6 is 0 Å². The number of aryl methyl sites for hydroxylation is 1. The van der Waals surface area contributed by atoms with E-state index in [0.717, 1.165) is 5.56 Å². The number of sulfonamides is 1. The van der Waals surface area contributed by atoms with Gasteiger partial charge in [-0.05, 0) is 5.56 Å². The van der Waals surface area contributed by atoms with E-state index in [1.807, 2.05) is 30.3 Å². The van der Waals surface area contributed by atoms with Gasteiger partial charge in [0.2, 0.25) is 5.91 Å². The lowest BCUT2D eigenvalue weighted by Gasteiger charge is -2.40. The normalized spacial score (nSPS) is 19.4. The van der Waals surface area contributed by atoms with Gasteiger partial charge in [0.25, 0.3) is 10.0 Å². The zero-order valence-electron chi connectivity index (χ0n) is 13.7. The molecule has 1 amide bonds. The number of benzene rings is 1. The standard InChI is InChI=1S/C16H20N4O3S/c1-13(21)20-9-8-19(10-15(20)14-6-4-3-5-7-14)24(22,23)16-11-18(2)12-17-16/h3-7,11-12,15H,8-10H2,1-2H3/t15-/m1/s1. The molecule has 0 radical (unpaired) electrons. The van der Waals surface area contributed by atoms with Crippen molar-refractivity contribution in [3.63, 3.8) is 0 Å². The van der Waals surface area contributed by atoms with Gasteiger partial charge < -0.3 is 9.47 Å². The van der Waals surface area contributed by atoms with Crippen molar-refractivity contribution in [1.82, 2.24) is 18.8 Å². The van der Waals surface area contributed by atoms with Crippen LogP contribution in [-0.2, 0) is 21.9 Å². The highest BCUT2D eigenvalue weighted by Gasteiger charge is 2.36. The van der Waals surface area contributed by atoms with Gasteiger partial charge in [0.1, 0.15) is 0 Å². The van der Waals surface area contributed by atoms with Crippen LogP contribution in [0.25, 0.3) is 0 Å². The molecule has 2 aromatic rings. The SMILES string of the molecule is CC(=O)N1CCN(S(=O)(=O)c2cn(C)cn2)C[C@@H]1c1ccccc1. The van der Waals surface area contributed by atoms with Gasteiger partial charge in [-0.1, -0.05) is 30.3 Å². The van der Waals surface area contributed by atoms with Gasteiger partial charge in [-0.2, -0.15) is 4.31 Å². The minimum Gasteiger partial charge on any atom is -0.339 e. The van der Waals surface area contributed by atoms with E-state index in [0.29, 0.717) is 6.54 Å². The molecule has 2 heterocycles. The molecule has 1 fully saturated rings. The number of piperazine rings is 1. The molecule has 1 aromatic heterocycles. The van der Waals surface area contributed by atoms with Crippen molar-refractivity contribution in [2.45, 2.75) is 18.0 Å². The number of hydrogen-bond acceptors (Lipinski definition) is 4. The fourth-order valence-corrected chi connectivity index (χ4v) is 4.37. The van der Waals surface area contributed by atoms with E-state index in [4.69, 9.17) is 0 Å². The summed E-state index contributed by atoms with van der Waals surface area (Å²) in [5.74, 6) is -0.0567. The van der Waals surface area contributed by atoms with Crippen LogP contribution in [0.15, 0.2) is 47.9 Å². The van der Waals surface area contributed by atoms with Crippen LogP contribution in [0, 0.1) is 0 Å². The molecule has 24 heavy (non-hydrogen) atoms. The molecule has 0 unspecified atom stereocenters. The van der Waals surface area contributed by atoms with Gasteiger partial charge >= 0.3 is 0 Å². The van der Waals surface area contributed by atoms with E-state index in [1.54, 1.807) is 16.5 Å². The Morgan fingerprint density at radius 3 is 2.50 bits per heavy atom. The molecule has 8 heteroatoms. The van der Waals surface area contributed by atoms with Crippen LogP contribution in [-0.4, -0.2) is 52.7 Å². The Kier molecular flexibility index (Phi) is 4.42. The molecule has 0 saturated carbocycles. The van der Waals surface area contributed by atoms with Crippen molar-refractivity contribution in [2.24, 2.45) is 7.05 Å². The molecule has 1 aromatic carbocycles. The van der Waals surface area contributed by atoms with E-state index >= 15 is 0 Å². The van der Waals surface area contributed by atoms with Gasteiger partial charge in [-0.15, -0.1) is 0 Å². The first-order valence-corrected chi connectivity index (χ1v) is 9.14. The van der Waals surface area contributed by atoms with E-state index in [1.165, 1.54) is 23.8 Å². The largest absolute Gasteiger partial charge is 0.339 e. The van der Waals surface area contributed by atoms with Gasteiger partial charge in [0, 0.05) is 39.8 Å². The van der Waals surface area contributed by atoms with Crippen LogP contribution in [0.3, 0.4) is 0 Å². The minimum absolute atomic E-state index is 0.0353. The van der Waals surface area contributed by atoms with E-state index in [2.05, 4.69) is 4.98 Å². The summed E-state index contributed by atoms with van der Waals surface area (Å²) in [6, 6.07) is 9.21. The van der Waals surface area contributed by atoms with Crippen molar-refractivity contribution in [3.05, 3.63) is 48.4 Å².